The van der Waals surface area contributed by atoms with Gasteiger partial charge in [-0.3, -0.25) is 4.90 Å². The van der Waals surface area contributed by atoms with Gasteiger partial charge in [-0.25, -0.2) is 0 Å². The Labute approximate surface area is 96.9 Å². The van der Waals surface area contributed by atoms with Crippen LogP contribution in [0.1, 0.15) is 18.9 Å². The molecule has 1 aromatic carbocycles. The van der Waals surface area contributed by atoms with Crippen molar-refractivity contribution in [3.63, 3.8) is 0 Å². The molecule has 0 radical (unpaired) electrons. The van der Waals surface area contributed by atoms with Crippen molar-refractivity contribution in [2.45, 2.75) is 25.9 Å². The van der Waals surface area contributed by atoms with Gasteiger partial charge < -0.3 is 10.8 Å². The smallest absolute Gasteiger partial charge is 0.120 e. The molecule has 2 atom stereocenters. The zero-order valence-electron chi connectivity index (χ0n) is 9.76. The van der Waals surface area contributed by atoms with Crippen LogP contribution < -0.4 is 5.73 Å². The van der Waals surface area contributed by atoms with Crippen molar-refractivity contribution in [1.29, 1.82) is 0 Å². The second-order valence-electron chi connectivity index (χ2n) is 4.92. The summed E-state index contributed by atoms with van der Waals surface area (Å²) < 4.78 is 0. The summed E-state index contributed by atoms with van der Waals surface area (Å²) in [5.74, 6) is 1.03. The largest absolute Gasteiger partial charge is 0.508 e. The van der Waals surface area contributed by atoms with E-state index >= 15 is 0 Å². The first-order valence-electron chi connectivity index (χ1n) is 5.90. The van der Waals surface area contributed by atoms with Crippen LogP contribution in [0.15, 0.2) is 24.3 Å². The fraction of sp³-hybridized carbons (Fsp3) is 0.538. The number of piperidine rings is 1. The lowest BCUT2D eigenvalue weighted by atomic mass is 9.96. The first kappa shape index (κ1) is 11.4. The molecule has 0 saturated carbocycles. The van der Waals surface area contributed by atoms with Gasteiger partial charge in [0.1, 0.15) is 5.75 Å². The normalized spacial score (nSPS) is 26.9. The van der Waals surface area contributed by atoms with E-state index in [4.69, 9.17) is 5.73 Å². The van der Waals surface area contributed by atoms with E-state index in [9.17, 15) is 5.11 Å². The molecule has 0 spiro atoms. The summed E-state index contributed by atoms with van der Waals surface area (Å²) in [6.07, 6.45) is 1.11. The van der Waals surface area contributed by atoms with E-state index in [0.29, 0.717) is 11.7 Å². The minimum atomic E-state index is 0.273. The summed E-state index contributed by atoms with van der Waals surface area (Å²) in [4.78, 5) is 2.33. The molecule has 2 rings (SSSR count). The Morgan fingerprint density at radius 2 is 2.12 bits per heavy atom. The zero-order chi connectivity index (χ0) is 11.5. The SMILES string of the molecule is CC1CC(N)CN(Cc2ccccc2O)C1. The highest BCUT2D eigenvalue weighted by atomic mass is 16.3. The Bertz CT molecular complexity index is 344. The number of rotatable bonds is 2. The average Bonchev–Trinajstić information content (AvgIpc) is 2.20. The number of para-hydroxylation sites is 1. The second kappa shape index (κ2) is 4.85. The molecule has 1 heterocycles. The molecule has 0 bridgehead atoms. The maximum Gasteiger partial charge on any atom is 0.120 e. The van der Waals surface area contributed by atoms with Gasteiger partial charge in [-0.05, 0) is 18.4 Å². The lowest BCUT2D eigenvalue weighted by Gasteiger charge is -2.34. The Hall–Kier alpha value is -1.06. The van der Waals surface area contributed by atoms with E-state index in [0.717, 1.165) is 31.6 Å². The molecule has 88 valence electrons. The van der Waals surface area contributed by atoms with Crippen LogP contribution in [-0.4, -0.2) is 29.1 Å². The molecule has 1 fully saturated rings. The van der Waals surface area contributed by atoms with Gasteiger partial charge in [0.2, 0.25) is 0 Å². The Morgan fingerprint density at radius 1 is 1.38 bits per heavy atom. The minimum absolute atomic E-state index is 0.273. The highest BCUT2D eigenvalue weighted by Gasteiger charge is 2.22. The van der Waals surface area contributed by atoms with Gasteiger partial charge in [0, 0.05) is 31.2 Å². The maximum absolute atomic E-state index is 9.72. The van der Waals surface area contributed by atoms with Gasteiger partial charge in [0.15, 0.2) is 0 Å². The number of phenols is 1. The van der Waals surface area contributed by atoms with Crippen LogP contribution in [0.3, 0.4) is 0 Å². The topological polar surface area (TPSA) is 49.5 Å². The van der Waals surface area contributed by atoms with Crippen LogP contribution in [0.4, 0.5) is 0 Å². The predicted molar refractivity (Wildman–Crippen MR) is 65.1 cm³/mol. The first-order chi connectivity index (χ1) is 7.65. The molecule has 3 N–H and O–H groups in total. The summed E-state index contributed by atoms with van der Waals surface area (Å²) in [5.41, 5.74) is 6.99. The van der Waals surface area contributed by atoms with Gasteiger partial charge in [0.05, 0.1) is 0 Å². The number of likely N-dealkylation sites (tertiary alicyclic amines) is 1. The quantitative estimate of drug-likeness (QED) is 0.795. The summed E-state index contributed by atoms with van der Waals surface area (Å²) in [5, 5.41) is 9.72. The van der Waals surface area contributed by atoms with Crippen molar-refractivity contribution in [1.82, 2.24) is 4.90 Å². The molecule has 0 amide bonds. The highest BCUT2D eigenvalue weighted by molar-refractivity contribution is 5.31. The number of hydrogen-bond donors (Lipinski definition) is 2. The zero-order valence-corrected chi connectivity index (χ0v) is 9.76. The lowest BCUT2D eigenvalue weighted by molar-refractivity contribution is 0.157. The van der Waals surface area contributed by atoms with E-state index in [2.05, 4.69) is 11.8 Å². The highest BCUT2D eigenvalue weighted by Crippen LogP contribution is 2.21. The van der Waals surface area contributed by atoms with Gasteiger partial charge >= 0.3 is 0 Å². The Kier molecular flexibility index (Phi) is 3.46. The maximum atomic E-state index is 9.72. The van der Waals surface area contributed by atoms with Gasteiger partial charge in [-0.1, -0.05) is 25.1 Å². The minimum Gasteiger partial charge on any atom is -0.508 e. The Morgan fingerprint density at radius 3 is 2.81 bits per heavy atom. The number of benzene rings is 1. The third-order valence-electron chi connectivity index (χ3n) is 3.15. The third-order valence-corrected chi connectivity index (χ3v) is 3.15. The standard InChI is InChI=1S/C13H20N2O/c1-10-6-12(14)9-15(7-10)8-11-4-2-3-5-13(11)16/h2-5,10,12,16H,6-9,14H2,1H3. The molecule has 1 aliphatic heterocycles. The predicted octanol–water partition coefficient (Wildman–Crippen LogP) is 1.56. The van der Waals surface area contributed by atoms with Crippen molar-refractivity contribution >= 4 is 0 Å². The molecule has 2 unspecified atom stereocenters. The fourth-order valence-electron chi connectivity index (χ4n) is 2.53. The van der Waals surface area contributed by atoms with Crippen molar-refractivity contribution < 1.29 is 5.11 Å². The molecule has 3 nitrogen and oxygen atoms in total. The van der Waals surface area contributed by atoms with Crippen LogP contribution in [0.5, 0.6) is 5.75 Å². The molecule has 0 aliphatic carbocycles. The molecular weight excluding hydrogens is 200 g/mol. The first-order valence-corrected chi connectivity index (χ1v) is 5.90. The van der Waals surface area contributed by atoms with Crippen molar-refractivity contribution in [3.8, 4) is 5.75 Å². The molecular formula is C13H20N2O. The molecule has 3 heteroatoms. The summed E-state index contributed by atoms with van der Waals surface area (Å²) >= 11 is 0. The molecule has 1 aliphatic rings. The van der Waals surface area contributed by atoms with Crippen LogP contribution in [-0.2, 0) is 6.54 Å². The van der Waals surface area contributed by atoms with Crippen molar-refractivity contribution in [2.24, 2.45) is 11.7 Å². The van der Waals surface area contributed by atoms with Crippen molar-refractivity contribution in [2.75, 3.05) is 13.1 Å². The van der Waals surface area contributed by atoms with Crippen LogP contribution in [0, 0.1) is 5.92 Å². The lowest BCUT2D eigenvalue weighted by Crippen LogP contribution is -2.45. The second-order valence-corrected chi connectivity index (χ2v) is 4.92. The molecule has 1 aromatic rings. The fourth-order valence-corrected chi connectivity index (χ4v) is 2.53. The van der Waals surface area contributed by atoms with Crippen LogP contribution in [0.25, 0.3) is 0 Å². The summed E-state index contributed by atoms with van der Waals surface area (Å²) in [7, 11) is 0. The Balaban J connectivity index is 2.02. The molecule has 0 aromatic heterocycles. The number of aromatic hydroxyl groups is 1. The molecule has 1 saturated heterocycles. The number of nitrogens with zero attached hydrogens (tertiary/aromatic N) is 1. The number of hydrogen-bond acceptors (Lipinski definition) is 3. The summed E-state index contributed by atoms with van der Waals surface area (Å²) in [6.45, 7) is 5.03. The van der Waals surface area contributed by atoms with Gasteiger partial charge in [-0.15, -0.1) is 0 Å². The average molecular weight is 220 g/mol. The van der Waals surface area contributed by atoms with E-state index in [1.54, 1.807) is 6.07 Å². The van der Waals surface area contributed by atoms with Crippen LogP contribution >= 0.6 is 0 Å². The van der Waals surface area contributed by atoms with E-state index in [1.165, 1.54) is 0 Å². The van der Waals surface area contributed by atoms with E-state index in [-0.39, 0.29) is 6.04 Å². The summed E-state index contributed by atoms with van der Waals surface area (Å²) in [6, 6.07) is 7.80. The van der Waals surface area contributed by atoms with Crippen molar-refractivity contribution in [3.05, 3.63) is 29.8 Å². The molecule has 16 heavy (non-hydrogen) atoms. The number of nitrogens with two attached hydrogens (primary N) is 1. The van der Waals surface area contributed by atoms with E-state index in [1.807, 2.05) is 18.2 Å². The van der Waals surface area contributed by atoms with Gasteiger partial charge in [-0.2, -0.15) is 0 Å². The van der Waals surface area contributed by atoms with Gasteiger partial charge in [0.25, 0.3) is 0 Å². The third kappa shape index (κ3) is 2.74. The monoisotopic (exact) mass is 220 g/mol. The van der Waals surface area contributed by atoms with E-state index < -0.39 is 0 Å². The van der Waals surface area contributed by atoms with Crippen LogP contribution in [0.2, 0.25) is 0 Å². The number of phenolic OH excluding ortho intramolecular Hbond substituents is 1.